The third-order valence-electron chi connectivity index (χ3n) is 3.15. The lowest BCUT2D eigenvalue weighted by Gasteiger charge is -2.20. The van der Waals surface area contributed by atoms with Crippen LogP contribution in [0, 0.1) is 0 Å². The number of carboxylic acids is 1. The van der Waals surface area contributed by atoms with Crippen molar-refractivity contribution in [2.75, 3.05) is 13.6 Å². The smallest absolute Gasteiger partial charge is 0.335 e. The summed E-state index contributed by atoms with van der Waals surface area (Å²) in [4.78, 5) is 29.0. The van der Waals surface area contributed by atoms with Gasteiger partial charge in [-0.05, 0) is 24.3 Å². The summed E-state index contributed by atoms with van der Waals surface area (Å²) < 4.78 is 0. The van der Waals surface area contributed by atoms with E-state index >= 15 is 0 Å². The molecule has 1 heterocycles. The van der Waals surface area contributed by atoms with E-state index in [2.05, 4.69) is 4.98 Å². The molecule has 0 aliphatic rings. The number of benzene rings is 1. The van der Waals surface area contributed by atoms with Crippen molar-refractivity contribution in [2.45, 2.75) is 12.8 Å². The van der Waals surface area contributed by atoms with Gasteiger partial charge in [0.05, 0.1) is 10.6 Å². The Morgan fingerprint density at radius 2 is 1.90 bits per heavy atom. The molecule has 1 aromatic carbocycles. The standard InChI is InChI=1S/C15H16N2O3S/c1-10(13-16-7-8-21-13)9-17(2)14(18)11-3-5-12(6-4-11)15(19)20/h3-8,10H,9H2,1-2H3,(H,19,20). The lowest BCUT2D eigenvalue weighted by atomic mass is 10.1. The second-order valence-electron chi connectivity index (χ2n) is 4.84. The maximum absolute atomic E-state index is 12.3. The molecule has 110 valence electrons. The van der Waals surface area contributed by atoms with Gasteiger partial charge >= 0.3 is 5.97 Å². The van der Waals surface area contributed by atoms with Gasteiger partial charge in [-0.1, -0.05) is 6.92 Å². The Labute approximate surface area is 126 Å². The molecule has 0 radical (unpaired) electrons. The third kappa shape index (κ3) is 3.66. The zero-order valence-electron chi connectivity index (χ0n) is 11.8. The fourth-order valence-corrected chi connectivity index (χ4v) is 2.72. The van der Waals surface area contributed by atoms with E-state index in [0.29, 0.717) is 12.1 Å². The van der Waals surface area contributed by atoms with Crippen LogP contribution in [0.2, 0.25) is 0 Å². The molecule has 0 aliphatic carbocycles. The van der Waals surface area contributed by atoms with Gasteiger partial charge in [0.15, 0.2) is 0 Å². The number of aromatic carboxylic acids is 1. The third-order valence-corrected chi connectivity index (χ3v) is 4.15. The number of carbonyl (C=O) groups excluding carboxylic acids is 1. The van der Waals surface area contributed by atoms with E-state index in [9.17, 15) is 9.59 Å². The summed E-state index contributed by atoms with van der Waals surface area (Å²) in [6, 6.07) is 5.95. The highest BCUT2D eigenvalue weighted by Gasteiger charge is 2.17. The van der Waals surface area contributed by atoms with Crippen molar-refractivity contribution in [3.8, 4) is 0 Å². The largest absolute Gasteiger partial charge is 0.478 e. The van der Waals surface area contributed by atoms with E-state index in [1.807, 2.05) is 12.3 Å². The molecule has 1 unspecified atom stereocenters. The summed E-state index contributed by atoms with van der Waals surface area (Å²) in [5.41, 5.74) is 0.652. The van der Waals surface area contributed by atoms with Gasteiger partial charge in [0.25, 0.3) is 5.91 Å². The summed E-state index contributed by atoms with van der Waals surface area (Å²) in [6.07, 6.45) is 1.75. The molecule has 21 heavy (non-hydrogen) atoms. The molecule has 0 saturated carbocycles. The zero-order valence-corrected chi connectivity index (χ0v) is 12.6. The van der Waals surface area contributed by atoms with Gasteiger partial charge in [-0.15, -0.1) is 11.3 Å². The van der Waals surface area contributed by atoms with Crippen LogP contribution in [0.15, 0.2) is 35.8 Å². The van der Waals surface area contributed by atoms with Crippen molar-refractivity contribution in [1.29, 1.82) is 0 Å². The number of carboxylic acid groups (broad SMARTS) is 1. The van der Waals surface area contributed by atoms with Gasteiger partial charge in [-0.2, -0.15) is 0 Å². The fraction of sp³-hybridized carbons (Fsp3) is 0.267. The van der Waals surface area contributed by atoms with E-state index in [-0.39, 0.29) is 17.4 Å². The Bertz CT molecular complexity index is 623. The highest BCUT2D eigenvalue weighted by Crippen LogP contribution is 2.19. The van der Waals surface area contributed by atoms with Crippen LogP contribution >= 0.6 is 11.3 Å². The Kier molecular flexibility index (Phi) is 4.70. The first kappa shape index (κ1) is 15.2. The average molecular weight is 304 g/mol. The number of carbonyl (C=O) groups is 2. The predicted molar refractivity (Wildman–Crippen MR) is 80.9 cm³/mol. The summed E-state index contributed by atoms with van der Waals surface area (Å²) in [5.74, 6) is -0.965. The SMILES string of the molecule is CC(CN(C)C(=O)c1ccc(C(=O)O)cc1)c1nccs1. The van der Waals surface area contributed by atoms with Crippen LogP contribution in [0.3, 0.4) is 0 Å². The molecule has 0 fully saturated rings. The van der Waals surface area contributed by atoms with Crippen molar-refractivity contribution in [1.82, 2.24) is 9.88 Å². The molecule has 1 N–H and O–H groups in total. The van der Waals surface area contributed by atoms with E-state index in [0.717, 1.165) is 5.01 Å². The van der Waals surface area contributed by atoms with Crippen LogP contribution in [-0.2, 0) is 0 Å². The van der Waals surface area contributed by atoms with Gasteiger partial charge < -0.3 is 10.0 Å². The van der Waals surface area contributed by atoms with Crippen molar-refractivity contribution < 1.29 is 14.7 Å². The highest BCUT2D eigenvalue weighted by molar-refractivity contribution is 7.09. The Hall–Kier alpha value is -2.21. The number of aromatic nitrogens is 1. The first-order valence-electron chi connectivity index (χ1n) is 6.47. The molecule has 0 spiro atoms. The van der Waals surface area contributed by atoms with Crippen LogP contribution in [0.5, 0.6) is 0 Å². The second kappa shape index (κ2) is 6.49. The molecule has 1 atom stereocenters. The van der Waals surface area contributed by atoms with Gasteiger partial charge in [0, 0.05) is 36.7 Å². The number of amides is 1. The normalized spacial score (nSPS) is 11.9. The molecule has 2 aromatic rings. The minimum absolute atomic E-state index is 0.129. The van der Waals surface area contributed by atoms with E-state index in [1.165, 1.54) is 24.3 Å². The number of nitrogens with zero attached hydrogens (tertiary/aromatic N) is 2. The van der Waals surface area contributed by atoms with Crippen molar-refractivity contribution in [3.63, 3.8) is 0 Å². The van der Waals surface area contributed by atoms with Gasteiger partial charge in [-0.25, -0.2) is 9.78 Å². The number of rotatable bonds is 5. The Balaban J connectivity index is 2.03. The van der Waals surface area contributed by atoms with E-state index in [4.69, 9.17) is 5.11 Å². The molecular formula is C15H16N2O3S. The summed E-state index contributed by atoms with van der Waals surface area (Å²) in [7, 11) is 1.73. The maximum Gasteiger partial charge on any atom is 0.335 e. The van der Waals surface area contributed by atoms with Crippen molar-refractivity contribution in [2.24, 2.45) is 0 Å². The summed E-state index contributed by atoms with van der Waals surface area (Å²) in [6.45, 7) is 2.59. The molecular weight excluding hydrogens is 288 g/mol. The Morgan fingerprint density at radius 3 is 2.43 bits per heavy atom. The molecule has 1 aromatic heterocycles. The monoisotopic (exact) mass is 304 g/mol. The number of hydrogen-bond acceptors (Lipinski definition) is 4. The average Bonchev–Trinajstić information content (AvgIpc) is 3.00. The van der Waals surface area contributed by atoms with Gasteiger partial charge in [-0.3, -0.25) is 4.79 Å². The minimum atomic E-state index is -1.00. The van der Waals surface area contributed by atoms with E-state index in [1.54, 1.807) is 29.5 Å². The van der Waals surface area contributed by atoms with Gasteiger partial charge in [0.2, 0.25) is 0 Å². The first-order chi connectivity index (χ1) is 9.99. The van der Waals surface area contributed by atoms with Crippen molar-refractivity contribution >= 4 is 23.2 Å². The first-order valence-corrected chi connectivity index (χ1v) is 7.35. The summed E-state index contributed by atoms with van der Waals surface area (Å²) in [5, 5.41) is 11.8. The van der Waals surface area contributed by atoms with Crippen LogP contribution < -0.4 is 0 Å². The maximum atomic E-state index is 12.3. The van der Waals surface area contributed by atoms with Gasteiger partial charge in [0.1, 0.15) is 0 Å². The lowest BCUT2D eigenvalue weighted by Crippen LogP contribution is -2.30. The fourth-order valence-electron chi connectivity index (χ4n) is 2.03. The lowest BCUT2D eigenvalue weighted by molar-refractivity contribution is 0.0695. The highest BCUT2D eigenvalue weighted by atomic mass is 32.1. The number of hydrogen-bond donors (Lipinski definition) is 1. The van der Waals surface area contributed by atoms with Crippen LogP contribution in [0.1, 0.15) is 38.6 Å². The molecule has 1 amide bonds. The van der Waals surface area contributed by atoms with Crippen molar-refractivity contribution in [3.05, 3.63) is 52.0 Å². The summed E-state index contributed by atoms with van der Waals surface area (Å²) >= 11 is 1.57. The molecule has 0 bridgehead atoms. The topological polar surface area (TPSA) is 70.5 Å². The van der Waals surface area contributed by atoms with E-state index < -0.39 is 5.97 Å². The Morgan fingerprint density at radius 1 is 1.29 bits per heavy atom. The molecule has 0 saturated heterocycles. The number of likely N-dealkylation sites (N-methyl/N-ethyl adjacent to an activating group) is 1. The molecule has 6 heteroatoms. The molecule has 2 rings (SSSR count). The number of thiazole rings is 1. The van der Waals surface area contributed by atoms with Crippen LogP contribution in [-0.4, -0.2) is 40.5 Å². The van der Waals surface area contributed by atoms with Crippen LogP contribution in [0.25, 0.3) is 0 Å². The predicted octanol–water partition coefficient (Wildman–Crippen LogP) is 2.72. The van der Waals surface area contributed by atoms with Crippen LogP contribution in [0.4, 0.5) is 0 Å². The zero-order chi connectivity index (χ0) is 15.4. The minimum Gasteiger partial charge on any atom is -0.478 e. The quantitative estimate of drug-likeness (QED) is 0.922. The molecule has 5 nitrogen and oxygen atoms in total. The molecule has 0 aliphatic heterocycles. The second-order valence-corrected chi connectivity index (χ2v) is 5.77.